The SMILES string of the molecule is C[C@H](c1ccc2ccccc2c1)N(C)C[C@@H]1C[C@H](c2ccc(CO)cc2)O[C@H](c2cccc(NC(=O)C(Cl)(Cl)Cl)c2)O1. The lowest BCUT2D eigenvalue weighted by molar-refractivity contribution is -0.253. The number of aliphatic hydroxyl groups is 1. The molecule has 6 nitrogen and oxygen atoms in total. The normalized spacial score (nSPS) is 20.0. The van der Waals surface area contributed by atoms with Gasteiger partial charge in [0.15, 0.2) is 6.29 Å². The number of nitrogens with zero attached hydrogens (tertiary/aromatic N) is 1. The lowest BCUT2D eigenvalue weighted by Gasteiger charge is -2.39. The van der Waals surface area contributed by atoms with E-state index in [1.807, 2.05) is 30.3 Å². The Morgan fingerprint density at radius 1 is 0.952 bits per heavy atom. The van der Waals surface area contributed by atoms with E-state index in [0.717, 1.165) is 16.7 Å². The van der Waals surface area contributed by atoms with E-state index < -0.39 is 16.0 Å². The van der Waals surface area contributed by atoms with E-state index >= 15 is 0 Å². The minimum atomic E-state index is -2.09. The largest absolute Gasteiger partial charge is 0.392 e. The second kappa shape index (κ2) is 13.3. The number of hydrogen-bond donors (Lipinski definition) is 2. The minimum absolute atomic E-state index is 0.0235. The van der Waals surface area contributed by atoms with E-state index in [9.17, 15) is 9.90 Å². The maximum absolute atomic E-state index is 12.2. The summed E-state index contributed by atoms with van der Waals surface area (Å²) in [5.41, 5.74) is 4.25. The molecule has 1 saturated heterocycles. The first-order chi connectivity index (χ1) is 20.1. The number of carbonyl (C=O) groups is 1. The molecule has 5 rings (SSSR count). The molecule has 4 aromatic carbocycles. The number of fused-ring (bicyclic) bond motifs is 1. The zero-order valence-corrected chi connectivity index (χ0v) is 25.6. The Labute approximate surface area is 261 Å². The van der Waals surface area contributed by atoms with Gasteiger partial charge in [-0.2, -0.15) is 0 Å². The summed E-state index contributed by atoms with van der Waals surface area (Å²) in [5, 5.41) is 14.6. The van der Waals surface area contributed by atoms with Crippen molar-refractivity contribution < 1.29 is 19.4 Å². The van der Waals surface area contributed by atoms with Crippen molar-refractivity contribution in [3.8, 4) is 0 Å². The van der Waals surface area contributed by atoms with E-state index in [-0.39, 0.29) is 24.9 Å². The molecule has 1 heterocycles. The molecule has 2 N–H and O–H groups in total. The maximum atomic E-state index is 12.2. The summed E-state index contributed by atoms with van der Waals surface area (Å²) in [5.74, 6) is -0.751. The van der Waals surface area contributed by atoms with Gasteiger partial charge in [-0.05, 0) is 59.6 Å². The maximum Gasteiger partial charge on any atom is 0.276 e. The number of halogens is 3. The fourth-order valence-electron chi connectivity index (χ4n) is 5.20. The first-order valence-electron chi connectivity index (χ1n) is 13.8. The number of hydrogen-bond acceptors (Lipinski definition) is 5. The van der Waals surface area contributed by atoms with Crippen LogP contribution in [0.5, 0.6) is 0 Å². The van der Waals surface area contributed by atoms with Crippen molar-refractivity contribution >= 4 is 57.2 Å². The second-order valence-electron chi connectivity index (χ2n) is 10.6. The zero-order chi connectivity index (χ0) is 29.9. The highest BCUT2D eigenvalue weighted by atomic mass is 35.6. The van der Waals surface area contributed by atoms with Crippen molar-refractivity contribution in [2.75, 3.05) is 18.9 Å². The Kier molecular flexibility index (Phi) is 9.75. The van der Waals surface area contributed by atoms with Gasteiger partial charge in [0.25, 0.3) is 9.70 Å². The summed E-state index contributed by atoms with van der Waals surface area (Å²) in [7, 11) is 2.10. The van der Waals surface area contributed by atoms with Crippen LogP contribution in [0.15, 0.2) is 91.0 Å². The van der Waals surface area contributed by atoms with Gasteiger partial charge in [0, 0.05) is 30.3 Å². The van der Waals surface area contributed by atoms with Crippen LogP contribution in [0.3, 0.4) is 0 Å². The summed E-state index contributed by atoms with van der Waals surface area (Å²) in [4.78, 5) is 14.5. The molecule has 0 radical (unpaired) electrons. The molecule has 42 heavy (non-hydrogen) atoms. The van der Waals surface area contributed by atoms with Crippen LogP contribution in [0.4, 0.5) is 5.69 Å². The summed E-state index contributed by atoms with van der Waals surface area (Å²) >= 11 is 17.2. The van der Waals surface area contributed by atoms with Gasteiger partial charge in [0.1, 0.15) is 0 Å². The van der Waals surface area contributed by atoms with Crippen LogP contribution in [0.25, 0.3) is 10.8 Å². The first-order valence-corrected chi connectivity index (χ1v) is 14.9. The van der Waals surface area contributed by atoms with E-state index in [1.54, 1.807) is 18.2 Å². The van der Waals surface area contributed by atoms with Crippen molar-refractivity contribution in [3.05, 3.63) is 113 Å². The smallest absolute Gasteiger partial charge is 0.276 e. The van der Waals surface area contributed by atoms with Crippen molar-refractivity contribution in [3.63, 3.8) is 0 Å². The molecule has 1 fully saturated rings. The van der Waals surface area contributed by atoms with Gasteiger partial charge in [-0.1, -0.05) is 108 Å². The van der Waals surface area contributed by atoms with Gasteiger partial charge in [-0.25, -0.2) is 0 Å². The summed E-state index contributed by atoms with van der Waals surface area (Å²) in [6, 6.07) is 30.0. The van der Waals surface area contributed by atoms with Crippen molar-refractivity contribution in [2.45, 2.75) is 48.3 Å². The summed E-state index contributed by atoms with van der Waals surface area (Å²) < 4.78 is 10.9. The molecular weight excluding hydrogens is 595 g/mol. The molecule has 1 aliphatic rings. The highest BCUT2D eigenvalue weighted by molar-refractivity contribution is 6.76. The zero-order valence-electron chi connectivity index (χ0n) is 23.3. The van der Waals surface area contributed by atoms with Gasteiger partial charge in [-0.15, -0.1) is 0 Å². The van der Waals surface area contributed by atoms with Crippen LogP contribution >= 0.6 is 34.8 Å². The Morgan fingerprint density at radius 3 is 2.40 bits per heavy atom. The molecule has 0 spiro atoms. The van der Waals surface area contributed by atoms with Crippen LogP contribution in [-0.2, 0) is 20.9 Å². The molecule has 0 saturated carbocycles. The van der Waals surface area contributed by atoms with Crippen molar-refractivity contribution in [1.82, 2.24) is 4.90 Å². The number of likely N-dealkylation sites (N-methyl/N-ethyl adjacent to an activating group) is 1. The quantitative estimate of drug-likeness (QED) is 0.195. The first kappa shape index (κ1) is 30.8. The van der Waals surface area contributed by atoms with E-state index in [0.29, 0.717) is 18.7 Å². The number of anilines is 1. The molecule has 4 atom stereocenters. The Morgan fingerprint density at radius 2 is 1.69 bits per heavy atom. The fourth-order valence-corrected chi connectivity index (χ4v) is 5.34. The molecule has 0 aliphatic carbocycles. The number of aliphatic hydroxyl groups excluding tert-OH is 1. The van der Waals surface area contributed by atoms with E-state index in [2.05, 4.69) is 66.7 Å². The Hall–Kier alpha value is -2.68. The number of nitrogens with one attached hydrogen (secondary N) is 1. The number of benzene rings is 4. The summed E-state index contributed by atoms with van der Waals surface area (Å²) in [6.45, 7) is 2.84. The van der Waals surface area contributed by atoms with E-state index in [4.69, 9.17) is 44.3 Å². The molecule has 1 aliphatic heterocycles. The van der Waals surface area contributed by atoms with Gasteiger partial charge in [-0.3, -0.25) is 9.69 Å². The predicted octanol–water partition coefficient (Wildman–Crippen LogP) is 7.88. The molecule has 0 bridgehead atoms. The van der Waals surface area contributed by atoms with E-state index in [1.165, 1.54) is 16.3 Å². The van der Waals surface area contributed by atoms with Gasteiger partial charge < -0.3 is 19.9 Å². The lowest BCUT2D eigenvalue weighted by Crippen LogP contribution is -2.38. The average Bonchev–Trinajstić information content (AvgIpc) is 3.00. The molecule has 0 aromatic heterocycles. The van der Waals surface area contributed by atoms with Crippen molar-refractivity contribution in [2.24, 2.45) is 0 Å². The highest BCUT2D eigenvalue weighted by Crippen LogP contribution is 2.39. The van der Waals surface area contributed by atoms with Gasteiger partial charge in [0.05, 0.1) is 18.8 Å². The number of rotatable bonds is 8. The predicted molar refractivity (Wildman–Crippen MR) is 169 cm³/mol. The molecule has 0 unspecified atom stereocenters. The molecule has 9 heteroatoms. The van der Waals surface area contributed by atoms with Crippen LogP contribution in [0.1, 0.15) is 54.0 Å². The number of amides is 1. The Balaban J connectivity index is 1.37. The van der Waals surface area contributed by atoms with Crippen LogP contribution in [-0.4, -0.2) is 39.4 Å². The van der Waals surface area contributed by atoms with Gasteiger partial charge >= 0.3 is 0 Å². The molecule has 1 amide bonds. The lowest BCUT2D eigenvalue weighted by atomic mass is 9.98. The second-order valence-corrected chi connectivity index (χ2v) is 12.9. The van der Waals surface area contributed by atoms with Crippen LogP contribution in [0, 0.1) is 0 Å². The fraction of sp³-hybridized carbons (Fsp3) is 0.303. The molecule has 4 aromatic rings. The van der Waals surface area contributed by atoms with Crippen LogP contribution in [0.2, 0.25) is 0 Å². The standard InChI is InChI=1S/C33H33Cl3N2O4/c1-21(25-15-14-23-6-3-4-7-26(23)16-25)38(2)19-29-18-30(24-12-10-22(20-39)11-13-24)42-31(41-29)27-8-5-9-28(17-27)37-32(40)33(34,35)36/h3-17,21,29-31,39H,18-20H2,1-2H3,(H,37,40)/t21-,29+,30-,31-/m1/s1. The third-order valence-corrected chi connectivity index (χ3v) is 8.21. The number of carbonyl (C=O) groups excluding carboxylic acids is 1. The number of alkyl halides is 3. The third kappa shape index (κ3) is 7.44. The Bertz CT molecular complexity index is 1530. The number of ether oxygens (including phenoxy) is 2. The summed E-state index contributed by atoms with van der Waals surface area (Å²) in [6.07, 6.45) is -0.447. The van der Waals surface area contributed by atoms with Crippen molar-refractivity contribution in [1.29, 1.82) is 0 Å². The average molecular weight is 628 g/mol. The minimum Gasteiger partial charge on any atom is -0.392 e. The molecular formula is C33H33Cl3N2O4. The molecule has 220 valence electrons. The topological polar surface area (TPSA) is 71.0 Å². The highest BCUT2D eigenvalue weighted by Gasteiger charge is 2.34. The van der Waals surface area contributed by atoms with Gasteiger partial charge in [0.2, 0.25) is 0 Å². The van der Waals surface area contributed by atoms with Crippen LogP contribution < -0.4 is 5.32 Å². The monoisotopic (exact) mass is 626 g/mol. The third-order valence-electron chi connectivity index (χ3n) is 7.70.